The van der Waals surface area contributed by atoms with Crippen LogP contribution in [0.25, 0.3) is 11.3 Å². The molecule has 2 aromatic heterocycles. The monoisotopic (exact) mass is 397 g/mol. The molecule has 0 spiro atoms. The van der Waals surface area contributed by atoms with Crippen LogP contribution in [-0.4, -0.2) is 33.7 Å². The van der Waals surface area contributed by atoms with E-state index in [1.54, 1.807) is 35.1 Å². The van der Waals surface area contributed by atoms with Crippen LogP contribution >= 0.6 is 11.3 Å². The molecule has 3 aromatic rings. The second kappa shape index (κ2) is 7.87. The van der Waals surface area contributed by atoms with Gasteiger partial charge in [-0.05, 0) is 73.0 Å². The summed E-state index contributed by atoms with van der Waals surface area (Å²) in [5.41, 5.74) is 4.64. The van der Waals surface area contributed by atoms with Gasteiger partial charge in [-0.1, -0.05) is 6.92 Å². The van der Waals surface area contributed by atoms with E-state index in [0.717, 1.165) is 49.3 Å². The molecule has 0 bridgehead atoms. The number of carbonyl (C=O) groups excluding carboxylic acids is 1. The van der Waals surface area contributed by atoms with Crippen LogP contribution < -0.4 is 0 Å². The molecule has 0 saturated carbocycles. The molecular formula is C22H24FN3OS. The third-order valence-corrected chi connectivity index (χ3v) is 6.44. The lowest BCUT2D eigenvalue weighted by Gasteiger charge is -2.20. The predicted octanol–water partition coefficient (Wildman–Crippen LogP) is 4.25. The number of carbonyl (C=O) groups is 1. The zero-order chi connectivity index (χ0) is 19.7. The van der Waals surface area contributed by atoms with Crippen LogP contribution in [0.5, 0.6) is 0 Å². The van der Waals surface area contributed by atoms with Gasteiger partial charge < -0.3 is 4.90 Å². The van der Waals surface area contributed by atoms with Crippen LogP contribution in [0.1, 0.15) is 28.6 Å². The highest BCUT2D eigenvalue weighted by atomic mass is 32.1. The van der Waals surface area contributed by atoms with Crippen molar-refractivity contribution in [2.24, 2.45) is 0 Å². The van der Waals surface area contributed by atoms with Crippen LogP contribution in [0.4, 0.5) is 4.39 Å². The highest BCUT2D eigenvalue weighted by Crippen LogP contribution is 2.24. The van der Waals surface area contributed by atoms with Crippen molar-refractivity contribution in [3.63, 3.8) is 0 Å². The first-order valence-electron chi connectivity index (χ1n) is 9.71. The number of rotatable bonds is 4. The molecule has 0 fully saturated rings. The third-order valence-electron chi connectivity index (χ3n) is 5.41. The minimum Gasteiger partial charge on any atom is -0.340 e. The van der Waals surface area contributed by atoms with E-state index >= 15 is 0 Å². The molecule has 4 nitrogen and oxygen atoms in total. The maximum absolute atomic E-state index is 13.6. The average Bonchev–Trinajstić information content (AvgIpc) is 3.25. The van der Waals surface area contributed by atoms with Crippen LogP contribution in [-0.2, 0) is 30.6 Å². The van der Waals surface area contributed by atoms with Crippen molar-refractivity contribution in [2.45, 2.75) is 39.7 Å². The fourth-order valence-electron chi connectivity index (χ4n) is 3.71. The lowest BCUT2D eigenvalue weighted by atomic mass is 10.1. The minimum atomic E-state index is -0.219. The summed E-state index contributed by atoms with van der Waals surface area (Å²) < 4.78 is 15.4. The van der Waals surface area contributed by atoms with Crippen LogP contribution in [0.2, 0.25) is 0 Å². The summed E-state index contributed by atoms with van der Waals surface area (Å²) in [6, 6.07) is 9.18. The predicted molar refractivity (Wildman–Crippen MR) is 110 cm³/mol. The van der Waals surface area contributed by atoms with Gasteiger partial charge in [-0.25, -0.2) is 4.39 Å². The molecule has 0 atom stereocenters. The number of hydrogen-bond acceptors (Lipinski definition) is 3. The lowest BCUT2D eigenvalue weighted by Crippen LogP contribution is -2.36. The van der Waals surface area contributed by atoms with Gasteiger partial charge >= 0.3 is 0 Å². The molecule has 6 heteroatoms. The Bertz CT molecular complexity index is 985. The number of fused-ring (bicyclic) bond motifs is 1. The molecular weight excluding hydrogens is 373 g/mol. The molecule has 0 unspecified atom stereocenters. The standard InChI is InChI=1S/C22H24FN3OS/c1-3-18-13-20(17-4-5-19(23)15(2)12-17)24-26(18)14-22(27)25-9-6-16-8-11-28-21(16)7-10-25/h4-5,8,11-13H,3,6-7,9-10,14H2,1-2H3. The van der Waals surface area contributed by atoms with E-state index in [0.29, 0.717) is 5.56 Å². The lowest BCUT2D eigenvalue weighted by molar-refractivity contribution is -0.132. The number of aryl methyl sites for hydroxylation is 2. The Morgan fingerprint density at radius 1 is 1.21 bits per heavy atom. The van der Waals surface area contributed by atoms with Gasteiger partial charge in [0.15, 0.2) is 0 Å². The second-order valence-electron chi connectivity index (χ2n) is 7.25. The summed E-state index contributed by atoms with van der Waals surface area (Å²) in [5.74, 6) is -0.112. The molecule has 0 N–H and O–H groups in total. The van der Waals surface area contributed by atoms with E-state index in [1.165, 1.54) is 16.5 Å². The van der Waals surface area contributed by atoms with Crippen molar-refractivity contribution in [1.29, 1.82) is 0 Å². The van der Waals surface area contributed by atoms with E-state index in [-0.39, 0.29) is 18.3 Å². The van der Waals surface area contributed by atoms with Crippen molar-refractivity contribution in [3.8, 4) is 11.3 Å². The van der Waals surface area contributed by atoms with Crippen molar-refractivity contribution in [2.75, 3.05) is 13.1 Å². The number of hydrogen-bond donors (Lipinski definition) is 0. The highest BCUT2D eigenvalue weighted by Gasteiger charge is 2.21. The summed E-state index contributed by atoms with van der Waals surface area (Å²) in [6.45, 7) is 5.57. The number of halogens is 1. The summed E-state index contributed by atoms with van der Waals surface area (Å²) in [6.07, 6.45) is 2.64. The van der Waals surface area contributed by atoms with Gasteiger partial charge in [0.25, 0.3) is 0 Å². The minimum absolute atomic E-state index is 0.106. The molecule has 28 heavy (non-hydrogen) atoms. The Balaban J connectivity index is 1.51. The largest absolute Gasteiger partial charge is 0.340 e. The maximum Gasteiger partial charge on any atom is 0.244 e. The Kier molecular flexibility index (Phi) is 5.31. The molecule has 1 amide bonds. The van der Waals surface area contributed by atoms with Crippen molar-refractivity contribution >= 4 is 17.2 Å². The summed E-state index contributed by atoms with van der Waals surface area (Å²) >= 11 is 1.78. The van der Waals surface area contributed by atoms with E-state index < -0.39 is 0 Å². The average molecular weight is 398 g/mol. The van der Waals surface area contributed by atoms with Crippen LogP contribution in [0.3, 0.4) is 0 Å². The second-order valence-corrected chi connectivity index (χ2v) is 8.25. The zero-order valence-electron chi connectivity index (χ0n) is 16.2. The van der Waals surface area contributed by atoms with Gasteiger partial charge in [-0.15, -0.1) is 11.3 Å². The summed E-state index contributed by atoms with van der Waals surface area (Å²) in [4.78, 5) is 16.3. The molecule has 1 aliphatic heterocycles. The van der Waals surface area contributed by atoms with Crippen molar-refractivity contribution < 1.29 is 9.18 Å². The Morgan fingerprint density at radius 3 is 2.82 bits per heavy atom. The fraction of sp³-hybridized carbons (Fsp3) is 0.364. The van der Waals surface area contributed by atoms with Gasteiger partial charge in [0.1, 0.15) is 12.4 Å². The number of amides is 1. The fourth-order valence-corrected chi connectivity index (χ4v) is 4.64. The molecule has 3 heterocycles. The van der Waals surface area contributed by atoms with Gasteiger partial charge in [0, 0.05) is 29.2 Å². The Morgan fingerprint density at radius 2 is 2.04 bits per heavy atom. The summed E-state index contributed by atoms with van der Waals surface area (Å²) in [5, 5.41) is 6.80. The number of benzene rings is 1. The number of aromatic nitrogens is 2. The Labute approximate surface area is 168 Å². The van der Waals surface area contributed by atoms with Gasteiger partial charge in [-0.3, -0.25) is 9.48 Å². The first-order chi connectivity index (χ1) is 13.5. The van der Waals surface area contributed by atoms with E-state index in [2.05, 4.69) is 23.5 Å². The van der Waals surface area contributed by atoms with Gasteiger partial charge in [0.2, 0.25) is 5.91 Å². The molecule has 0 saturated heterocycles. The maximum atomic E-state index is 13.6. The van der Waals surface area contributed by atoms with E-state index in [9.17, 15) is 9.18 Å². The molecule has 0 radical (unpaired) electrons. The number of nitrogens with zero attached hydrogens (tertiary/aromatic N) is 3. The van der Waals surface area contributed by atoms with Crippen LogP contribution in [0, 0.1) is 12.7 Å². The molecule has 146 valence electrons. The number of thiophene rings is 1. The summed E-state index contributed by atoms with van der Waals surface area (Å²) in [7, 11) is 0. The van der Waals surface area contributed by atoms with E-state index in [4.69, 9.17) is 0 Å². The molecule has 4 rings (SSSR count). The van der Waals surface area contributed by atoms with E-state index in [1.807, 2.05) is 11.0 Å². The quantitative estimate of drug-likeness (QED) is 0.660. The Hall–Kier alpha value is -2.47. The van der Waals surface area contributed by atoms with Crippen molar-refractivity contribution in [1.82, 2.24) is 14.7 Å². The highest BCUT2D eigenvalue weighted by molar-refractivity contribution is 7.10. The van der Waals surface area contributed by atoms with Crippen LogP contribution in [0.15, 0.2) is 35.7 Å². The first kappa shape index (κ1) is 18.9. The third kappa shape index (κ3) is 3.74. The molecule has 0 aliphatic carbocycles. The molecule has 1 aliphatic rings. The van der Waals surface area contributed by atoms with Gasteiger partial charge in [0.05, 0.1) is 5.69 Å². The normalized spacial score (nSPS) is 14.0. The smallest absolute Gasteiger partial charge is 0.244 e. The zero-order valence-corrected chi connectivity index (χ0v) is 17.1. The molecule has 1 aromatic carbocycles. The van der Waals surface area contributed by atoms with Crippen molar-refractivity contribution in [3.05, 3.63) is 63.2 Å². The van der Waals surface area contributed by atoms with Gasteiger partial charge in [-0.2, -0.15) is 5.10 Å². The first-order valence-corrected chi connectivity index (χ1v) is 10.6. The SMILES string of the molecule is CCc1cc(-c2ccc(F)c(C)c2)nn1CC(=O)N1CCc2ccsc2CC1. The topological polar surface area (TPSA) is 38.1 Å².